The average Bonchev–Trinajstić information content (AvgIpc) is 2.99. The van der Waals surface area contributed by atoms with Crippen molar-refractivity contribution in [2.45, 2.75) is 26.9 Å². The molecule has 0 aliphatic rings. The van der Waals surface area contributed by atoms with E-state index in [2.05, 4.69) is 0 Å². The quantitative estimate of drug-likeness (QED) is 0.777. The summed E-state index contributed by atoms with van der Waals surface area (Å²) < 4.78 is 5.33. The van der Waals surface area contributed by atoms with Gasteiger partial charge in [-0.25, -0.2) is 0 Å². The molecular weight excluding hydrogens is 258 g/mol. The molecule has 0 atom stereocenters. The van der Waals surface area contributed by atoms with Gasteiger partial charge in [0.25, 0.3) is 0 Å². The van der Waals surface area contributed by atoms with Crippen LogP contribution in [0, 0.1) is 0 Å². The maximum Gasteiger partial charge on any atom is 0.247 e. The van der Waals surface area contributed by atoms with Crippen LogP contribution in [0.3, 0.4) is 0 Å². The van der Waals surface area contributed by atoms with E-state index in [0.717, 1.165) is 11.3 Å². The predicted molar refractivity (Wildman–Crippen MR) is 76.7 cm³/mol. The SMILES string of the molecule is CC(C)=CC(=O)N(Cc1ccco1)Cc1cccs1. The van der Waals surface area contributed by atoms with Crippen molar-refractivity contribution in [1.82, 2.24) is 4.90 Å². The average molecular weight is 275 g/mol. The molecule has 0 saturated heterocycles. The van der Waals surface area contributed by atoms with Crippen molar-refractivity contribution in [3.05, 3.63) is 58.2 Å². The fraction of sp³-hybridized carbons (Fsp3) is 0.267. The summed E-state index contributed by atoms with van der Waals surface area (Å²) in [5.74, 6) is 0.817. The van der Waals surface area contributed by atoms with E-state index in [4.69, 9.17) is 4.42 Å². The molecule has 2 aromatic rings. The van der Waals surface area contributed by atoms with Crippen molar-refractivity contribution in [2.75, 3.05) is 0 Å². The van der Waals surface area contributed by atoms with E-state index in [1.165, 1.54) is 4.88 Å². The second kappa shape index (κ2) is 6.38. The minimum absolute atomic E-state index is 0.0183. The van der Waals surface area contributed by atoms with E-state index >= 15 is 0 Å². The van der Waals surface area contributed by atoms with Gasteiger partial charge in [0.05, 0.1) is 19.4 Å². The molecule has 0 spiro atoms. The molecule has 0 unspecified atom stereocenters. The number of carbonyl (C=O) groups excluding carboxylic acids is 1. The topological polar surface area (TPSA) is 33.5 Å². The fourth-order valence-electron chi connectivity index (χ4n) is 1.73. The third-order valence-electron chi connectivity index (χ3n) is 2.58. The first-order chi connectivity index (χ1) is 9.15. The van der Waals surface area contributed by atoms with Crippen LogP contribution in [0.15, 0.2) is 52.0 Å². The van der Waals surface area contributed by atoms with Gasteiger partial charge in [0.15, 0.2) is 0 Å². The van der Waals surface area contributed by atoms with Gasteiger partial charge in [-0.3, -0.25) is 4.79 Å². The molecule has 1 amide bonds. The van der Waals surface area contributed by atoms with Crippen LogP contribution in [0.5, 0.6) is 0 Å². The Bertz CT molecular complexity index is 500. The molecule has 0 bridgehead atoms. The summed E-state index contributed by atoms with van der Waals surface area (Å²) in [6.45, 7) is 4.96. The zero-order chi connectivity index (χ0) is 13.7. The van der Waals surface area contributed by atoms with Gasteiger partial charge in [-0.15, -0.1) is 11.3 Å². The summed E-state index contributed by atoms with van der Waals surface area (Å²) >= 11 is 1.65. The minimum Gasteiger partial charge on any atom is -0.467 e. The molecule has 2 heterocycles. The van der Waals surface area contributed by atoms with Crippen LogP contribution in [0.1, 0.15) is 24.5 Å². The number of hydrogen-bond acceptors (Lipinski definition) is 3. The third kappa shape index (κ3) is 4.10. The van der Waals surface area contributed by atoms with E-state index in [1.807, 2.05) is 43.5 Å². The molecule has 19 heavy (non-hydrogen) atoms. The van der Waals surface area contributed by atoms with Gasteiger partial charge in [0.1, 0.15) is 5.76 Å². The Hall–Kier alpha value is -1.81. The first-order valence-corrected chi connectivity index (χ1v) is 7.01. The lowest BCUT2D eigenvalue weighted by Gasteiger charge is -2.19. The van der Waals surface area contributed by atoms with Gasteiger partial charge < -0.3 is 9.32 Å². The lowest BCUT2D eigenvalue weighted by atomic mass is 10.3. The molecule has 0 aromatic carbocycles. The van der Waals surface area contributed by atoms with Gasteiger partial charge >= 0.3 is 0 Å². The molecule has 0 saturated carbocycles. The molecule has 0 aliphatic carbocycles. The monoisotopic (exact) mass is 275 g/mol. The van der Waals surface area contributed by atoms with E-state index in [-0.39, 0.29) is 5.91 Å². The zero-order valence-electron chi connectivity index (χ0n) is 11.1. The Morgan fingerprint density at radius 3 is 2.74 bits per heavy atom. The molecule has 0 N–H and O–H groups in total. The number of allylic oxidation sites excluding steroid dienone is 1. The maximum atomic E-state index is 12.2. The first-order valence-electron chi connectivity index (χ1n) is 6.13. The Balaban J connectivity index is 2.12. The smallest absolute Gasteiger partial charge is 0.247 e. The first kappa shape index (κ1) is 13.6. The largest absolute Gasteiger partial charge is 0.467 e. The molecule has 2 aromatic heterocycles. The fourth-order valence-corrected chi connectivity index (χ4v) is 2.45. The summed E-state index contributed by atoms with van der Waals surface area (Å²) in [7, 11) is 0. The molecule has 3 nitrogen and oxygen atoms in total. The Kier molecular flexibility index (Phi) is 4.58. The highest BCUT2D eigenvalue weighted by Crippen LogP contribution is 2.15. The zero-order valence-corrected chi connectivity index (χ0v) is 11.9. The van der Waals surface area contributed by atoms with E-state index < -0.39 is 0 Å². The molecule has 100 valence electrons. The van der Waals surface area contributed by atoms with Crippen molar-refractivity contribution in [1.29, 1.82) is 0 Å². The van der Waals surface area contributed by atoms with Crippen LogP contribution in [-0.2, 0) is 17.9 Å². The van der Waals surface area contributed by atoms with Crippen LogP contribution in [0.4, 0.5) is 0 Å². The van der Waals surface area contributed by atoms with Crippen LogP contribution >= 0.6 is 11.3 Å². The standard InChI is InChI=1S/C15H17NO2S/c1-12(2)9-15(17)16(10-13-5-3-7-18-13)11-14-6-4-8-19-14/h3-9H,10-11H2,1-2H3. The number of hydrogen-bond donors (Lipinski definition) is 0. The second-order valence-electron chi connectivity index (χ2n) is 4.57. The highest BCUT2D eigenvalue weighted by molar-refractivity contribution is 7.09. The van der Waals surface area contributed by atoms with E-state index in [0.29, 0.717) is 13.1 Å². The lowest BCUT2D eigenvalue weighted by Crippen LogP contribution is -2.28. The van der Waals surface area contributed by atoms with Crippen molar-refractivity contribution in [3.63, 3.8) is 0 Å². The van der Waals surface area contributed by atoms with Gasteiger partial charge in [-0.2, -0.15) is 0 Å². The van der Waals surface area contributed by atoms with Crippen molar-refractivity contribution >= 4 is 17.2 Å². The van der Waals surface area contributed by atoms with Gasteiger partial charge in [0, 0.05) is 11.0 Å². The summed E-state index contributed by atoms with van der Waals surface area (Å²) in [5.41, 5.74) is 1.00. The molecule has 0 aliphatic heterocycles. The number of thiophene rings is 1. The van der Waals surface area contributed by atoms with Crippen LogP contribution in [-0.4, -0.2) is 10.8 Å². The molecule has 2 rings (SSSR count). The molecular formula is C15H17NO2S. The number of rotatable bonds is 5. The maximum absolute atomic E-state index is 12.2. The highest BCUT2D eigenvalue weighted by Gasteiger charge is 2.14. The summed E-state index contributed by atoms with van der Waals surface area (Å²) in [6.07, 6.45) is 3.29. The van der Waals surface area contributed by atoms with Gasteiger partial charge in [0.2, 0.25) is 5.91 Å². The summed E-state index contributed by atoms with van der Waals surface area (Å²) in [6, 6.07) is 7.76. The van der Waals surface area contributed by atoms with Crippen molar-refractivity contribution in [3.8, 4) is 0 Å². The Morgan fingerprint density at radius 2 is 2.16 bits per heavy atom. The summed E-state index contributed by atoms with van der Waals surface area (Å²) in [4.78, 5) is 15.2. The summed E-state index contributed by atoms with van der Waals surface area (Å²) in [5, 5.41) is 2.02. The Morgan fingerprint density at radius 1 is 1.32 bits per heavy atom. The highest BCUT2D eigenvalue weighted by atomic mass is 32.1. The van der Waals surface area contributed by atoms with Crippen LogP contribution in [0.25, 0.3) is 0 Å². The third-order valence-corrected chi connectivity index (χ3v) is 3.44. The predicted octanol–water partition coefficient (Wildman–Crippen LogP) is 3.84. The van der Waals surface area contributed by atoms with E-state index in [1.54, 1.807) is 28.6 Å². The number of nitrogens with zero attached hydrogens (tertiary/aromatic N) is 1. The number of furan rings is 1. The number of carbonyl (C=O) groups is 1. The van der Waals surface area contributed by atoms with Gasteiger partial charge in [-0.05, 0) is 37.4 Å². The molecule has 4 heteroatoms. The normalized spacial score (nSPS) is 10.2. The van der Waals surface area contributed by atoms with Crippen LogP contribution in [0.2, 0.25) is 0 Å². The molecule has 0 radical (unpaired) electrons. The van der Waals surface area contributed by atoms with Crippen LogP contribution < -0.4 is 0 Å². The Labute approximate surface area is 117 Å². The minimum atomic E-state index is 0.0183. The van der Waals surface area contributed by atoms with Crippen molar-refractivity contribution in [2.24, 2.45) is 0 Å². The van der Waals surface area contributed by atoms with Gasteiger partial charge in [-0.1, -0.05) is 11.6 Å². The van der Waals surface area contributed by atoms with Crippen molar-refractivity contribution < 1.29 is 9.21 Å². The van der Waals surface area contributed by atoms with E-state index in [9.17, 15) is 4.79 Å². The second-order valence-corrected chi connectivity index (χ2v) is 5.61. The molecule has 0 fully saturated rings. The lowest BCUT2D eigenvalue weighted by molar-refractivity contribution is -0.127. The number of amides is 1.